The van der Waals surface area contributed by atoms with Crippen LogP contribution in [0, 0.1) is 13.8 Å². The number of hydrogen-bond acceptors (Lipinski definition) is 8. The zero-order chi connectivity index (χ0) is 25.4. The van der Waals surface area contributed by atoms with Crippen molar-refractivity contribution in [2.24, 2.45) is 0 Å². The molecule has 0 spiro atoms. The molecule has 192 valence electrons. The maximum Gasteiger partial charge on any atom is 0.340 e. The molecule has 1 aromatic carbocycles. The summed E-state index contributed by atoms with van der Waals surface area (Å²) in [6, 6.07) is 3.67. The van der Waals surface area contributed by atoms with Crippen LogP contribution < -0.4 is 19.7 Å². The fraction of sp³-hybridized carbons (Fsp3) is 0.520. The van der Waals surface area contributed by atoms with Gasteiger partial charge < -0.3 is 38.9 Å². The summed E-state index contributed by atoms with van der Waals surface area (Å²) in [5.74, 6) is 0.279. The lowest BCUT2D eigenvalue weighted by Crippen LogP contribution is -2.36. The summed E-state index contributed by atoms with van der Waals surface area (Å²) >= 11 is 0. The predicted molar refractivity (Wildman–Crippen MR) is 132 cm³/mol. The van der Waals surface area contributed by atoms with Crippen molar-refractivity contribution in [3.05, 3.63) is 34.6 Å². The zero-order valence-electron chi connectivity index (χ0n) is 21.1. The second-order valence-electron chi connectivity index (χ2n) is 7.99. The van der Waals surface area contributed by atoms with E-state index in [1.807, 2.05) is 19.9 Å². The molecular formula is C25H35N3O7. The van der Waals surface area contributed by atoms with E-state index in [0.717, 1.165) is 18.8 Å². The molecular weight excluding hydrogens is 454 g/mol. The van der Waals surface area contributed by atoms with Crippen molar-refractivity contribution in [3.63, 3.8) is 0 Å². The highest BCUT2D eigenvalue weighted by atomic mass is 16.6. The van der Waals surface area contributed by atoms with E-state index in [-0.39, 0.29) is 12.3 Å². The molecule has 1 aliphatic heterocycles. The van der Waals surface area contributed by atoms with E-state index >= 15 is 0 Å². The molecule has 1 aliphatic rings. The van der Waals surface area contributed by atoms with Crippen molar-refractivity contribution in [1.82, 2.24) is 4.98 Å². The molecule has 0 aliphatic carbocycles. The van der Waals surface area contributed by atoms with E-state index in [9.17, 15) is 9.59 Å². The minimum atomic E-state index is -0.504. The number of carbonyl (C=O) groups is 2. The Labute approximate surface area is 205 Å². The van der Waals surface area contributed by atoms with Gasteiger partial charge in [-0.3, -0.25) is 4.79 Å². The minimum absolute atomic E-state index is 0.133. The molecule has 1 amide bonds. The molecule has 1 aromatic heterocycles. The lowest BCUT2D eigenvalue weighted by Gasteiger charge is -2.31. The number of hydrogen-bond donors (Lipinski definition) is 2. The number of nitrogens with zero attached hydrogens (tertiary/aromatic N) is 1. The van der Waals surface area contributed by atoms with Gasteiger partial charge in [-0.1, -0.05) is 0 Å². The number of benzene rings is 1. The predicted octanol–water partition coefficient (Wildman–Crippen LogP) is 3.32. The number of methoxy groups -OCH3 is 1. The number of H-pyrrole nitrogens is 1. The van der Waals surface area contributed by atoms with Gasteiger partial charge in [0, 0.05) is 38.0 Å². The number of morpholine rings is 1. The van der Waals surface area contributed by atoms with E-state index in [0.29, 0.717) is 67.0 Å². The lowest BCUT2D eigenvalue weighted by atomic mass is 10.1. The summed E-state index contributed by atoms with van der Waals surface area (Å²) in [5.41, 5.74) is 3.05. The molecule has 35 heavy (non-hydrogen) atoms. The Morgan fingerprint density at radius 2 is 1.74 bits per heavy atom. The SMILES string of the molecule is CCOc1cc(N2CCOCC2)c(OCC)cc1NC(=O)c1[nH]c(C)c(C(=O)OCCOC)c1C. The van der Waals surface area contributed by atoms with E-state index in [1.54, 1.807) is 19.9 Å². The molecule has 3 rings (SSSR count). The minimum Gasteiger partial charge on any atom is -0.492 e. The van der Waals surface area contributed by atoms with E-state index < -0.39 is 11.9 Å². The maximum atomic E-state index is 13.3. The number of ether oxygens (including phenoxy) is 5. The third kappa shape index (κ3) is 6.26. The average Bonchev–Trinajstić information content (AvgIpc) is 3.15. The Kier molecular flexibility index (Phi) is 9.39. The van der Waals surface area contributed by atoms with Crippen molar-refractivity contribution < 1.29 is 33.3 Å². The van der Waals surface area contributed by atoms with Gasteiger partial charge in [0.25, 0.3) is 5.91 Å². The second-order valence-corrected chi connectivity index (χ2v) is 7.99. The molecule has 10 nitrogen and oxygen atoms in total. The van der Waals surface area contributed by atoms with Gasteiger partial charge in [-0.15, -0.1) is 0 Å². The quantitative estimate of drug-likeness (QED) is 0.365. The molecule has 0 bridgehead atoms. The summed E-state index contributed by atoms with van der Waals surface area (Å²) < 4.78 is 27.4. The number of amides is 1. The normalized spacial score (nSPS) is 13.5. The van der Waals surface area contributed by atoms with Gasteiger partial charge in [-0.05, 0) is 33.3 Å². The van der Waals surface area contributed by atoms with Gasteiger partial charge in [0.15, 0.2) is 0 Å². The smallest absolute Gasteiger partial charge is 0.340 e. The lowest BCUT2D eigenvalue weighted by molar-refractivity contribution is 0.0386. The van der Waals surface area contributed by atoms with Crippen LogP contribution >= 0.6 is 0 Å². The van der Waals surface area contributed by atoms with Gasteiger partial charge in [0.1, 0.15) is 23.8 Å². The summed E-state index contributed by atoms with van der Waals surface area (Å²) in [6.07, 6.45) is 0. The molecule has 2 N–H and O–H groups in total. The van der Waals surface area contributed by atoms with Crippen LogP contribution in [0.5, 0.6) is 11.5 Å². The number of aryl methyl sites for hydroxylation is 1. The number of carbonyl (C=O) groups excluding carboxylic acids is 2. The topological polar surface area (TPSA) is 111 Å². The molecule has 2 heterocycles. The summed E-state index contributed by atoms with van der Waals surface area (Å²) in [4.78, 5) is 31.0. The number of nitrogens with one attached hydrogen (secondary N) is 2. The first-order chi connectivity index (χ1) is 16.9. The van der Waals surface area contributed by atoms with Crippen molar-refractivity contribution in [3.8, 4) is 11.5 Å². The van der Waals surface area contributed by atoms with Crippen LogP contribution in [-0.2, 0) is 14.2 Å². The fourth-order valence-corrected chi connectivity index (χ4v) is 4.00. The third-order valence-electron chi connectivity index (χ3n) is 5.65. The van der Waals surface area contributed by atoms with E-state index in [1.165, 1.54) is 7.11 Å². The number of aromatic nitrogens is 1. The monoisotopic (exact) mass is 489 g/mol. The van der Waals surface area contributed by atoms with Crippen LogP contribution in [0.2, 0.25) is 0 Å². The van der Waals surface area contributed by atoms with Gasteiger partial charge in [-0.2, -0.15) is 0 Å². The first-order valence-corrected chi connectivity index (χ1v) is 11.8. The van der Waals surface area contributed by atoms with Gasteiger partial charge >= 0.3 is 5.97 Å². The first-order valence-electron chi connectivity index (χ1n) is 11.8. The van der Waals surface area contributed by atoms with Crippen LogP contribution in [0.25, 0.3) is 0 Å². The third-order valence-corrected chi connectivity index (χ3v) is 5.65. The van der Waals surface area contributed by atoms with Gasteiger partial charge in [0.05, 0.1) is 50.0 Å². The standard InChI is InChI=1S/C25H35N3O7/c1-6-33-20-15-19(28-8-10-32-11-9-28)21(34-7-2)14-18(20)27-24(29)23-16(3)22(17(4)26-23)25(30)35-13-12-31-5/h14-15,26H,6-13H2,1-5H3,(H,27,29). The van der Waals surface area contributed by atoms with Crippen molar-refractivity contribution in [2.45, 2.75) is 27.7 Å². The molecule has 0 radical (unpaired) electrons. The Hall–Kier alpha value is -3.24. The van der Waals surface area contributed by atoms with Crippen molar-refractivity contribution in [1.29, 1.82) is 0 Å². The fourth-order valence-electron chi connectivity index (χ4n) is 4.00. The highest BCUT2D eigenvalue weighted by molar-refractivity contribution is 6.07. The molecule has 0 unspecified atom stereocenters. The number of rotatable bonds is 11. The number of aromatic amines is 1. The second kappa shape index (κ2) is 12.5. The Bertz CT molecular complexity index is 1030. The van der Waals surface area contributed by atoms with Crippen LogP contribution in [0.3, 0.4) is 0 Å². The summed E-state index contributed by atoms with van der Waals surface area (Å²) in [6.45, 7) is 11.3. The zero-order valence-corrected chi connectivity index (χ0v) is 21.1. The Morgan fingerprint density at radius 3 is 2.40 bits per heavy atom. The molecule has 10 heteroatoms. The molecule has 2 aromatic rings. The Morgan fingerprint density at radius 1 is 1.06 bits per heavy atom. The molecule has 1 fully saturated rings. The maximum absolute atomic E-state index is 13.3. The average molecular weight is 490 g/mol. The van der Waals surface area contributed by atoms with Crippen molar-refractivity contribution >= 4 is 23.3 Å². The summed E-state index contributed by atoms with van der Waals surface area (Å²) in [7, 11) is 1.53. The van der Waals surface area contributed by atoms with Crippen LogP contribution in [0.15, 0.2) is 12.1 Å². The van der Waals surface area contributed by atoms with Crippen molar-refractivity contribution in [2.75, 3.05) is 70.1 Å². The van der Waals surface area contributed by atoms with Gasteiger partial charge in [0.2, 0.25) is 0 Å². The molecule has 0 saturated carbocycles. The van der Waals surface area contributed by atoms with Crippen LogP contribution in [-0.4, -0.2) is 76.7 Å². The number of anilines is 2. The van der Waals surface area contributed by atoms with E-state index in [2.05, 4.69) is 15.2 Å². The van der Waals surface area contributed by atoms with E-state index in [4.69, 9.17) is 23.7 Å². The Balaban J connectivity index is 1.90. The molecule has 1 saturated heterocycles. The molecule has 0 atom stereocenters. The first kappa shape index (κ1) is 26.4. The van der Waals surface area contributed by atoms with Crippen LogP contribution in [0.4, 0.5) is 11.4 Å². The largest absolute Gasteiger partial charge is 0.492 e. The highest BCUT2D eigenvalue weighted by Crippen LogP contribution is 2.39. The van der Waals surface area contributed by atoms with Crippen LogP contribution in [0.1, 0.15) is 46.0 Å². The van der Waals surface area contributed by atoms with Gasteiger partial charge in [-0.25, -0.2) is 4.79 Å². The highest BCUT2D eigenvalue weighted by Gasteiger charge is 2.25. The summed E-state index contributed by atoms with van der Waals surface area (Å²) in [5, 5.41) is 2.92. The number of esters is 1.